The van der Waals surface area contributed by atoms with Gasteiger partial charge in [0, 0.05) is 19.6 Å². The summed E-state index contributed by atoms with van der Waals surface area (Å²) in [6.07, 6.45) is 0.881. The number of amides is 1. The van der Waals surface area contributed by atoms with E-state index in [4.69, 9.17) is 4.74 Å². The van der Waals surface area contributed by atoms with Gasteiger partial charge in [0.1, 0.15) is 5.60 Å². The van der Waals surface area contributed by atoms with Gasteiger partial charge in [-0.2, -0.15) is 0 Å². The minimum absolute atomic E-state index is 0.342. The average Bonchev–Trinajstić information content (AvgIpc) is 2.46. The third kappa shape index (κ3) is 10.8. The Morgan fingerprint density at radius 1 is 1.04 bits per heavy atom. The van der Waals surface area contributed by atoms with Crippen molar-refractivity contribution in [2.24, 2.45) is 4.99 Å². The normalized spacial score (nSPS) is 12.7. The second-order valence-corrected chi connectivity index (χ2v) is 6.48. The van der Waals surface area contributed by atoms with Crippen molar-refractivity contribution in [1.82, 2.24) is 16.0 Å². The van der Waals surface area contributed by atoms with Crippen LogP contribution >= 0.6 is 0 Å². The average molecular weight is 330 g/mol. The lowest BCUT2D eigenvalue weighted by atomic mass is 9.98. The number of alkyl carbamates (subject to hydrolysis) is 1. The molecule has 0 saturated heterocycles. The molecule has 23 heavy (non-hydrogen) atoms. The highest BCUT2D eigenvalue weighted by molar-refractivity contribution is 5.79. The Hall–Kier alpha value is -1.50. The highest BCUT2D eigenvalue weighted by atomic mass is 16.6. The number of ether oxygens (including phenoxy) is 1. The van der Waals surface area contributed by atoms with Crippen molar-refractivity contribution in [3.63, 3.8) is 0 Å². The summed E-state index contributed by atoms with van der Waals surface area (Å²) in [6.45, 7) is 13.3. The minimum atomic E-state index is -0.767. The zero-order valence-corrected chi connectivity index (χ0v) is 15.5. The number of nitrogens with zero attached hydrogens (tertiary/aromatic N) is 1. The molecule has 0 rings (SSSR count). The van der Waals surface area contributed by atoms with E-state index < -0.39 is 17.3 Å². The van der Waals surface area contributed by atoms with E-state index in [0.29, 0.717) is 38.4 Å². The summed E-state index contributed by atoms with van der Waals surface area (Å²) in [5.41, 5.74) is -1.27. The maximum atomic E-state index is 11.5. The largest absolute Gasteiger partial charge is 0.444 e. The molecule has 0 aliphatic carbocycles. The molecule has 0 aromatic carbocycles. The van der Waals surface area contributed by atoms with Crippen molar-refractivity contribution >= 4 is 12.1 Å². The van der Waals surface area contributed by atoms with E-state index in [1.165, 1.54) is 0 Å². The first-order valence-electron chi connectivity index (χ1n) is 8.37. The van der Waals surface area contributed by atoms with Gasteiger partial charge in [0.15, 0.2) is 5.96 Å². The quantitative estimate of drug-likeness (QED) is 0.308. The molecule has 1 amide bonds. The van der Waals surface area contributed by atoms with Crippen molar-refractivity contribution in [3.05, 3.63) is 0 Å². The molecule has 0 aliphatic heterocycles. The van der Waals surface area contributed by atoms with Crippen LogP contribution in [0, 0.1) is 0 Å². The number of rotatable bonds is 8. The van der Waals surface area contributed by atoms with Crippen LogP contribution < -0.4 is 16.0 Å². The maximum Gasteiger partial charge on any atom is 0.407 e. The molecule has 0 saturated carbocycles. The summed E-state index contributed by atoms with van der Waals surface area (Å²) in [6, 6.07) is 0. The first kappa shape index (κ1) is 21.5. The van der Waals surface area contributed by atoms with Crippen molar-refractivity contribution < 1.29 is 14.6 Å². The molecule has 0 aromatic rings. The van der Waals surface area contributed by atoms with E-state index in [2.05, 4.69) is 20.9 Å². The van der Waals surface area contributed by atoms with Crippen LogP contribution in [0.4, 0.5) is 4.79 Å². The monoisotopic (exact) mass is 330 g/mol. The maximum absolute atomic E-state index is 11.5. The highest BCUT2D eigenvalue weighted by Gasteiger charge is 2.21. The second kappa shape index (κ2) is 10.3. The van der Waals surface area contributed by atoms with E-state index in [1.54, 1.807) is 0 Å². The Morgan fingerprint density at radius 3 is 2.09 bits per heavy atom. The SMILES string of the molecule is CCNC(=NCC(O)(CC)CC)NCCNC(=O)OC(C)(C)C. The summed E-state index contributed by atoms with van der Waals surface area (Å²) in [4.78, 5) is 15.9. The zero-order valence-electron chi connectivity index (χ0n) is 15.5. The van der Waals surface area contributed by atoms with Gasteiger partial charge in [0.25, 0.3) is 0 Å². The van der Waals surface area contributed by atoms with E-state index >= 15 is 0 Å². The van der Waals surface area contributed by atoms with E-state index in [0.717, 1.165) is 6.54 Å². The van der Waals surface area contributed by atoms with Crippen LogP contribution in [0.3, 0.4) is 0 Å². The van der Waals surface area contributed by atoms with Gasteiger partial charge in [0.05, 0.1) is 12.1 Å². The van der Waals surface area contributed by atoms with Crippen LogP contribution in [0.1, 0.15) is 54.4 Å². The predicted octanol–water partition coefficient (Wildman–Crippen LogP) is 1.62. The van der Waals surface area contributed by atoms with Gasteiger partial charge in [-0.05, 0) is 40.5 Å². The van der Waals surface area contributed by atoms with Gasteiger partial charge in [-0.3, -0.25) is 4.99 Å². The molecular weight excluding hydrogens is 296 g/mol. The fourth-order valence-corrected chi connectivity index (χ4v) is 1.70. The summed E-state index contributed by atoms with van der Waals surface area (Å²) in [7, 11) is 0. The third-order valence-electron chi connectivity index (χ3n) is 3.28. The molecule has 7 nitrogen and oxygen atoms in total. The van der Waals surface area contributed by atoms with Gasteiger partial charge in [-0.25, -0.2) is 4.79 Å². The van der Waals surface area contributed by atoms with Gasteiger partial charge >= 0.3 is 6.09 Å². The van der Waals surface area contributed by atoms with Crippen molar-refractivity contribution in [2.45, 2.75) is 65.6 Å². The number of nitrogens with one attached hydrogen (secondary N) is 3. The highest BCUT2D eigenvalue weighted by Crippen LogP contribution is 2.14. The van der Waals surface area contributed by atoms with Crippen LogP contribution in [0.25, 0.3) is 0 Å². The predicted molar refractivity (Wildman–Crippen MR) is 93.7 cm³/mol. The van der Waals surface area contributed by atoms with Crippen LogP contribution in [0.5, 0.6) is 0 Å². The number of carbonyl (C=O) groups is 1. The Labute approximate surface area is 140 Å². The number of carbonyl (C=O) groups excluding carboxylic acids is 1. The van der Waals surface area contributed by atoms with E-state index in [-0.39, 0.29) is 0 Å². The molecule has 7 heteroatoms. The van der Waals surface area contributed by atoms with Crippen LogP contribution in [0.15, 0.2) is 4.99 Å². The third-order valence-corrected chi connectivity index (χ3v) is 3.28. The fraction of sp³-hybridized carbons (Fsp3) is 0.875. The first-order chi connectivity index (χ1) is 10.7. The van der Waals surface area contributed by atoms with Crippen LogP contribution in [0.2, 0.25) is 0 Å². The number of hydrogen-bond acceptors (Lipinski definition) is 4. The topological polar surface area (TPSA) is 95.0 Å². The minimum Gasteiger partial charge on any atom is -0.444 e. The lowest BCUT2D eigenvalue weighted by Crippen LogP contribution is -2.43. The molecule has 0 aromatic heterocycles. The molecule has 0 bridgehead atoms. The zero-order chi connectivity index (χ0) is 17.9. The van der Waals surface area contributed by atoms with Gasteiger partial charge in [-0.1, -0.05) is 13.8 Å². The summed E-state index contributed by atoms with van der Waals surface area (Å²) in [5.74, 6) is 0.624. The standard InChI is InChI=1S/C16H34N4O3/c1-7-16(22,8-2)12-20-13(17-9-3)18-10-11-19-14(21)23-15(4,5)6/h22H,7-12H2,1-6H3,(H,19,21)(H2,17,18,20). The molecule has 0 fully saturated rings. The second-order valence-electron chi connectivity index (χ2n) is 6.48. The van der Waals surface area contributed by atoms with E-state index in [9.17, 15) is 9.90 Å². The Morgan fingerprint density at radius 2 is 1.61 bits per heavy atom. The number of aliphatic imine (C=N–C) groups is 1. The van der Waals surface area contributed by atoms with Crippen LogP contribution in [-0.4, -0.2) is 54.5 Å². The van der Waals surface area contributed by atoms with Crippen LogP contribution in [-0.2, 0) is 4.74 Å². The molecule has 136 valence electrons. The molecule has 0 radical (unpaired) electrons. The molecule has 0 heterocycles. The first-order valence-corrected chi connectivity index (χ1v) is 8.37. The van der Waals surface area contributed by atoms with Gasteiger partial charge in [0.2, 0.25) is 0 Å². The lowest BCUT2D eigenvalue weighted by Gasteiger charge is -2.23. The summed E-state index contributed by atoms with van der Waals surface area (Å²) >= 11 is 0. The Bertz CT molecular complexity index is 374. The number of hydrogen-bond donors (Lipinski definition) is 4. The van der Waals surface area contributed by atoms with E-state index in [1.807, 2.05) is 41.5 Å². The Balaban J connectivity index is 4.27. The summed E-state index contributed by atoms with van der Waals surface area (Å²) < 4.78 is 5.16. The molecule has 0 aliphatic rings. The van der Waals surface area contributed by atoms with Crippen molar-refractivity contribution in [1.29, 1.82) is 0 Å². The summed E-state index contributed by atoms with van der Waals surface area (Å²) in [5, 5.41) is 19.2. The van der Waals surface area contributed by atoms with Gasteiger partial charge < -0.3 is 25.8 Å². The number of aliphatic hydroxyl groups is 1. The molecular formula is C16H34N4O3. The van der Waals surface area contributed by atoms with Crippen molar-refractivity contribution in [2.75, 3.05) is 26.2 Å². The van der Waals surface area contributed by atoms with Crippen molar-refractivity contribution in [3.8, 4) is 0 Å². The molecule has 0 spiro atoms. The lowest BCUT2D eigenvalue weighted by molar-refractivity contribution is 0.0418. The van der Waals surface area contributed by atoms with Gasteiger partial charge in [-0.15, -0.1) is 0 Å². The smallest absolute Gasteiger partial charge is 0.407 e. The molecule has 4 N–H and O–H groups in total. The molecule has 0 unspecified atom stereocenters. The fourth-order valence-electron chi connectivity index (χ4n) is 1.70. The molecule has 0 atom stereocenters. The number of guanidine groups is 1. The Kier molecular flexibility index (Phi) is 9.64.